The molecule has 10 heteroatoms. The number of para-hydroxylation sites is 1. The van der Waals surface area contributed by atoms with Gasteiger partial charge in [-0.05, 0) is 37.6 Å². The van der Waals surface area contributed by atoms with E-state index in [9.17, 15) is 8.42 Å². The molecule has 0 saturated carbocycles. The minimum absolute atomic E-state index is 0. The monoisotopic (exact) mass is 576 g/mol. The number of guanidine groups is 1. The number of hydrogen-bond acceptors (Lipinski definition) is 5. The smallest absolute Gasteiger partial charge is 0.240 e. The fraction of sp³-hybridized carbons (Fsp3) is 0.409. The van der Waals surface area contributed by atoms with E-state index in [1.54, 1.807) is 18.2 Å². The summed E-state index contributed by atoms with van der Waals surface area (Å²) in [6, 6.07) is 14.6. The molecule has 0 unspecified atom stereocenters. The molecule has 0 aliphatic carbocycles. The summed E-state index contributed by atoms with van der Waals surface area (Å²) in [4.78, 5) is 4.80. The summed E-state index contributed by atoms with van der Waals surface area (Å²) in [5.41, 5.74) is 1.83. The maximum absolute atomic E-state index is 12.4. The third-order valence-corrected chi connectivity index (χ3v) is 5.75. The van der Waals surface area contributed by atoms with Gasteiger partial charge in [-0.15, -0.1) is 24.0 Å². The zero-order valence-electron chi connectivity index (χ0n) is 18.8. The average molecular weight is 577 g/mol. The first-order chi connectivity index (χ1) is 15.0. The highest BCUT2D eigenvalue weighted by molar-refractivity contribution is 14.0. The molecule has 2 aromatic rings. The van der Waals surface area contributed by atoms with Crippen LogP contribution in [0.2, 0.25) is 0 Å². The Kier molecular flexibility index (Phi) is 13.2. The van der Waals surface area contributed by atoms with Crippen molar-refractivity contribution in [3.63, 3.8) is 0 Å². The second-order valence-electron chi connectivity index (χ2n) is 6.63. The summed E-state index contributed by atoms with van der Waals surface area (Å²) in [6.45, 7) is 6.68. The molecule has 0 fully saturated rings. The van der Waals surface area contributed by atoms with Crippen LogP contribution < -0.4 is 20.1 Å². The van der Waals surface area contributed by atoms with E-state index in [0.717, 1.165) is 16.9 Å². The Labute approximate surface area is 208 Å². The van der Waals surface area contributed by atoms with Crippen LogP contribution in [0.1, 0.15) is 25.0 Å². The number of methoxy groups -OCH3 is 1. The molecule has 0 amide bonds. The minimum atomic E-state index is -3.58. The molecule has 178 valence electrons. The molecule has 32 heavy (non-hydrogen) atoms. The van der Waals surface area contributed by atoms with E-state index in [1.165, 1.54) is 7.11 Å². The topological polar surface area (TPSA) is 101 Å². The number of sulfonamides is 1. The summed E-state index contributed by atoms with van der Waals surface area (Å²) in [7, 11) is -2.06. The van der Waals surface area contributed by atoms with Crippen molar-refractivity contribution in [1.82, 2.24) is 15.4 Å². The molecule has 0 saturated heterocycles. The fourth-order valence-electron chi connectivity index (χ4n) is 2.81. The van der Waals surface area contributed by atoms with Crippen LogP contribution in [0.5, 0.6) is 5.75 Å². The molecule has 2 rings (SSSR count). The highest BCUT2D eigenvalue weighted by atomic mass is 127. The van der Waals surface area contributed by atoms with E-state index in [-0.39, 0.29) is 35.4 Å². The van der Waals surface area contributed by atoms with Crippen LogP contribution in [0.25, 0.3) is 0 Å². The Morgan fingerprint density at radius 1 is 1.06 bits per heavy atom. The van der Waals surface area contributed by atoms with E-state index < -0.39 is 10.0 Å². The van der Waals surface area contributed by atoms with Crippen molar-refractivity contribution >= 4 is 40.0 Å². The molecule has 0 spiro atoms. The molecule has 0 atom stereocenters. The molecule has 0 heterocycles. The second kappa shape index (κ2) is 15.0. The molecule has 2 aromatic carbocycles. The second-order valence-corrected chi connectivity index (χ2v) is 8.39. The standard InChI is InChI=1S/C22H32N4O4S.HI/c1-4-23-22(25-17-19-10-6-7-12-21(19)30-5-2)24-16-18-9-8-11-20(15-18)31(27,28)26-13-14-29-3;/h6-12,15,26H,4-5,13-14,16-17H2,1-3H3,(H2,23,24,25);1H. The summed E-state index contributed by atoms with van der Waals surface area (Å²) in [5, 5.41) is 6.51. The molecule has 8 nitrogen and oxygen atoms in total. The van der Waals surface area contributed by atoms with Gasteiger partial charge in [0, 0.05) is 32.3 Å². The maximum Gasteiger partial charge on any atom is 0.240 e. The van der Waals surface area contributed by atoms with Gasteiger partial charge < -0.3 is 20.1 Å². The molecule has 0 aromatic heterocycles. The highest BCUT2D eigenvalue weighted by Gasteiger charge is 2.13. The Morgan fingerprint density at radius 2 is 1.84 bits per heavy atom. The molecule has 0 aliphatic heterocycles. The normalized spacial score (nSPS) is 11.5. The van der Waals surface area contributed by atoms with Gasteiger partial charge in [0.1, 0.15) is 5.75 Å². The van der Waals surface area contributed by atoms with Crippen LogP contribution in [0.4, 0.5) is 0 Å². The van der Waals surface area contributed by atoms with Crippen molar-refractivity contribution in [2.75, 3.05) is 33.4 Å². The van der Waals surface area contributed by atoms with Crippen LogP contribution >= 0.6 is 24.0 Å². The molecular weight excluding hydrogens is 543 g/mol. The van der Waals surface area contributed by atoms with Gasteiger partial charge in [0.05, 0.1) is 24.7 Å². The maximum atomic E-state index is 12.4. The summed E-state index contributed by atoms with van der Waals surface area (Å²) < 4.78 is 37.9. The van der Waals surface area contributed by atoms with Gasteiger partial charge in [-0.25, -0.2) is 18.1 Å². The number of ether oxygens (including phenoxy) is 2. The Balaban J connectivity index is 0.00000512. The van der Waals surface area contributed by atoms with Crippen molar-refractivity contribution in [1.29, 1.82) is 0 Å². The van der Waals surface area contributed by atoms with Crippen molar-refractivity contribution in [2.24, 2.45) is 4.99 Å². The number of aliphatic imine (C=N–C) groups is 1. The Hall–Kier alpha value is -1.89. The lowest BCUT2D eigenvalue weighted by molar-refractivity contribution is 0.204. The zero-order chi connectivity index (χ0) is 22.5. The van der Waals surface area contributed by atoms with Crippen LogP contribution in [0.15, 0.2) is 58.4 Å². The van der Waals surface area contributed by atoms with Crippen molar-refractivity contribution in [3.05, 3.63) is 59.7 Å². The number of benzene rings is 2. The number of nitrogens with zero attached hydrogens (tertiary/aromatic N) is 1. The van der Waals surface area contributed by atoms with Crippen LogP contribution in [0.3, 0.4) is 0 Å². The lowest BCUT2D eigenvalue weighted by Gasteiger charge is -2.14. The Morgan fingerprint density at radius 3 is 2.56 bits per heavy atom. The molecule has 0 radical (unpaired) electrons. The summed E-state index contributed by atoms with van der Waals surface area (Å²) in [5.74, 6) is 1.48. The van der Waals surface area contributed by atoms with E-state index in [4.69, 9.17) is 9.47 Å². The Bertz CT molecular complexity index is 954. The van der Waals surface area contributed by atoms with Crippen LogP contribution in [0, 0.1) is 0 Å². The first-order valence-corrected chi connectivity index (χ1v) is 11.8. The zero-order valence-corrected chi connectivity index (χ0v) is 21.9. The molecule has 0 bridgehead atoms. The third-order valence-electron chi connectivity index (χ3n) is 4.29. The van der Waals surface area contributed by atoms with Gasteiger partial charge in [-0.3, -0.25) is 0 Å². The van der Waals surface area contributed by atoms with Gasteiger partial charge in [0.15, 0.2) is 5.96 Å². The fourth-order valence-corrected chi connectivity index (χ4v) is 3.89. The number of rotatable bonds is 12. The van der Waals surface area contributed by atoms with E-state index in [1.807, 2.05) is 44.2 Å². The third kappa shape index (κ3) is 9.31. The van der Waals surface area contributed by atoms with Crippen molar-refractivity contribution in [3.8, 4) is 5.75 Å². The number of halogens is 1. The highest BCUT2D eigenvalue weighted by Crippen LogP contribution is 2.17. The van der Waals surface area contributed by atoms with Gasteiger partial charge in [-0.2, -0.15) is 0 Å². The summed E-state index contributed by atoms with van der Waals surface area (Å²) >= 11 is 0. The van der Waals surface area contributed by atoms with Gasteiger partial charge >= 0.3 is 0 Å². The first-order valence-electron chi connectivity index (χ1n) is 10.3. The van der Waals surface area contributed by atoms with Gasteiger partial charge in [0.25, 0.3) is 0 Å². The molecule has 3 N–H and O–H groups in total. The largest absolute Gasteiger partial charge is 0.494 e. The minimum Gasteiger partial charge on any atom is -0.494 e. The number of hydrogen-bond donors (Lipinski definition) is 3. The summed E-state index contributed by atoms with van der Waals surface area (Å²) in [6.07, 6.45) is 0. The van der Waals surface area contributed by atoms with Crippen molar-refractivity contribution < 1.29 is 17.9 Å². The van der Waals surface area contributed by atoms with Crippen LogP contribution in [-0.2, 0) is 27.8 Å². The van der Waals surface area contributed by atoms with Crippen LogP contribution in [-0.4, -0.2) is 47.8 Å². The average Bonchev–Trinajstić information content (AvgIpc) is 2.77. The quantitative estimate of drug-likeness (QED) is 0.156. The molecule has 0 aliphatic rings. The van der Waals surface area contributed by atoms with Gasteiger partial charge in [0.2, 0.25) is 10.0 Å². The van der Waals surface area contributed by atoms with Gasteiger partial charge in [-0.1, -0.05) is 30.3 Å². The van der Waals surface area contributed by atoms with E-state index in [2.05, 4.69) is 20.3 Å². The number of nitrogens with one attached hydrogen (secondary N) is 3. The first kappa shape index (κ1) is 28.1. The molecular formula is C22H33IN4O4S. The lowest BCUT2D eigenvalue weighted by atomic mass is 10.2. The lowest BCUT2D eigenvalue weighted by Crippen LogP contribution is -2.36. The predicted molar refractivity (Wildman–Crippen MR) is 138 cm³/mol. The van der Waals surface area contributed by atoms with Crippen molar-refractivity contribution in [2.45, 2.75) is 31.8 Å². The predicted octanol–water partition coefficient (Wildman–Crippen LogP) is 2.88. The van der Waals surface area contributed by atoms with E-state index >= 15 is 0 Å². The SMILES string of the molecule is CCNC(=NCc1cccc(S(=O)(=O)NCCOC)c1)NCc1ccccc1OCC.I. The van der Waals surface area contributed by atoms with E-state index in [0.29, 0.717) is 38.8 Å².